The Hall–Kier alpha value is -0.970. The van der Waals surface area contributed by atoms with Gasteiger partial charge in [-0.15, -0.1) is 5.10 Å². The van der Waals surface area contributed by atoms with Crippen molar-refractivity contribution in [3.8, 4) is 0 Å². The molecule has 2 fully saturated rings. The zero-order valence-electron chi connectivity index (χ0n) is 8.89. The smallest absolute Gasteiger partial charge is 0.154 e. The van der Waals surface area contributed by atoms with Gasteiger partial charge in [-0.1, -0.05) is 0 Å². The molecule has 0 amide bonds. The van der Waals surface area contributed by atoms with Gasteiger partial charge in [0.25, 0.3) is 0 Å². The number of tetrazole rings is 1. The molecule has 0 atom stereocenters. The quantitative estimate of drug-likeness (QED) is 0.786. The van der Waals surface area contributed by atoms with E-state index in [0.717, 1.165) is 31.4 Å². The molecule has 0 radical (unpaired) electrons. The van der Waals surface area contributed by atoms with Gasteiger partial charge in [-0.25, -0.2) is 4.68 Å². The van der Waals surface area contributed by atoms with Crippen molar-refractivity contribution in [2.75, 3.05) is 13.1 Å². The van der Waals surface area contributed by atoms with E-state index in [9.17, 15) is 0 Å². The molecule has 5 heteroatoms. The molecule has 0 aromatic carbocycles. The standard InChI is InChI=1S/C10H17N5/c1-2-8(1)7-15-10(12-13-14-15)9-3-5-11-6-4-9/h8-9,11H,1-7H2. The van der Waals surface area contributed by atoms with Gasteiger partial charge >= 0.3 is 0 Å². The summed E-state index contributed by atoms with van der Waals surface area (Å²) in [6.45, 7) is 3.23. The molecule has 82 valence electrons. The maximum absolute atomic E-state index is 4.19. The summed E-state index contributed by atoms with van der Waals surface area (Å²) >= 11 is 0. The van der Waals surface area contributed by atoms with Gasteiger partial charge < -0.3 is 5.32 Å². The first-order valence-electron chi connectivity index (χ1n) is 5.90. The van der Waals surface area contributed by atoms with Crippen LogP contribution in [0.5, 0.6) is 0 Å². The van der Waals surface area contributed by atoms with Crippen LogP contribution < -0.4 is 5.32 Å². The SMILES string of the molecule is C1CC(c2nnnn2CC2CC2)CCN1. The Morgan fingerprint density at radius 1 is 1.20 bits per heavy atom. The summed E-state index contributed by atoms with van der Waals surface area (Å²) in [5, 5.41) is 15.5. The van der Waals surface area contributed by atoms with Crippen molar-refractivity contribution in [1.29, 1.82) is 0 Å². The molecule has 1 aromatic rings. The molecule has 0 bridgehead atoms. The Balaban J connectivity index is 1.73. The predicted octanol–water partition coefficient (Wildman–Crippen LogP) is 0.550. The topological polar surface area (TPSA) is 55.6 Å². The highest BCUT2D eigenvalue weighted by Crippen LogP contribution is 2.31. The second kappa shape index (κ2) is 3.89. The van der Waals surface area contributed by atoms with Crippen molar-refractivity contribution in [3.05, 3.63) is 5.82 Å². The molecule has 3 rings (SSSR count). The van der Waals surface area contributed by atoms with Crippen LogP contribution in [0.15, 0.2) is 0 Å². The fraction of sp³-hybridized carbons (Fsp3) is 0.900. The monoisotopic (exact) mass is 207 g/mol. The third kappa shape index (κ3) is 2.02. The van der Waals surface area contributed by atoms with Gasteiger partial charge in [0.05, 0.1) is 0 Å². The van der Waals surface area contributed by atoms with Crippen molar-refractivity contribution in [2.24, 2.45) is 5.92 Å². The van der Waals surface area contributed by atoms with Gasteiger partial charge in [0.1, 0.15) is 0 Å². The third-order valence-electron chi connectivity index (χ3n) is 3.39. The van der Waals surface area contributed by atoms with Crippen LogP contribution in [0.1, 0.15) is 37.4 Å². The van der Waals surface area contributed by atoms with Gasteiger partial charge in [0.15, 0.2) is 5.82 Å². The lowest BCUT2D eigenvalue weighted by Crippen LogP contribution is -2.28. The van der Waals surface area contributed by atoms with E-state index in [1.807, 2.05) is 4.68 Å². The average molecular weight is 207 g/mol. The average Bonchev–Trinajstić information content (AvgIpc) is 2.96. The van der Waals surface area contributed by atoms with E-state index in [4.69, 9.17) is 0 Å². The summed E-state index contributed by atoms with van der Waals surface area (Å²) in [5.74, 6) is 2.53. The summed E-state index contributed by atoms with van der Waals surface area (Å²) in [6.07, 6.45) is 5.05. The molecular formula is C10H17N5. The minimum Gasteiger partial charge on any atom is -0.317 e. The number of aromatic nitrogens is 4. The molecule has 1 saturated heterocycles. The number of rotatable bonds is 3. The lowest BCUT2D eigenvalue weighted by Gasteiger charge is -2.21. The van der Waals surface area contributed by atoms with Gasteiger partial charge in [0.2, 0.25) is 0 Å². The molecule has 2 heterocycles. The molecule has 1 aromatic heterocycles. The lowest BCUT2D eigenvalue weighted by molar-refractivity contribution is 0.414. The zero-order valence-corrected chi connectivity index (χ0v) is 8.89. The first kappa shape index (κ1) is 9.27. The van der Waals surface area contributed by atoms with Gasteiger partial charge in [-0.2, -0.15) is 0 Å². The molecule has 5 nitrogen and oxygen atoms in total. The van der Waals surface area contributed by atoms with E-state index in [2.05, 4.69) is 20.8 Å². The number of hydrogen-bond donors (Lipinski definition) is 1. The van der Waals surface area contributed by atoms with E-state index < -0.39 is 0 Å². The Morgan fingerprint density at radius 3 is 2.73 bits per heavy atom. The van der Waals surface area contributed by atoms with Crippen LogP contribution in [0.25, 0.3) is 0 Å². The maximum Gasteiger partial charge on any atom is 0.154 e. The van der Waals surface area contributed by atoms with Crippen LogP contribution in [-0.4, -0.2) is 33.3 Å². The molecule has 1 aliphatic heterocycles. The maximum atomic E-state index is 4.19. The van der Waals surface area contributed by atoms with Crippen LogP contribution in [-0.2, 0) is 6.54 Å². The van der Waals surface area contributed by atoms with Crippen molar-refractivity contribution in [2.45, 2.75) is 38.1 Å². The molecule has 1 saturated carbocycles. The van der Waals surface area contributed by atoms with Gasteiger partial charge in [-0.05, 0) is 55.1 Å². The lowest BCUT2D eigenvalue weighted by atomic mass is 9.97. The van der Waals surface area contributed by atoms with E-state index in [-0.39, 0.29) is 0 Å². The molecule has 2 aliphatic rings. The van der Waals surface area contributed by atoms with E-state index in [1.54, 1.807) is 0 Å². The van der Waals surface area contributed by atoms with Crippen LogP contribution >= 0.6 is 0 Å². The normalized spacial score (nSPS) is 23.2. The second-order valence-electron chi connectivity index (χ2n) is 4.69. The highest BCUT2D eigenvalue weighted by atomic mass is 15.5. The largest absolute Gasteiger partial charge is 0.317 e. The number of piperidine rings is 1. The van der Waals surface area contributed by atoms with Crippen LogP contribution in [0.3, 0.4) is 0 Å². The molecular weight excluding hydrogens is 190 g/mol. The fourth-order valence-corrected chi connectivity index (χ4v) is 2.26. The summed E-state index contributed by atoms with van der Waals surface area (Å²) in [7, 11) is 0. The predicted molar refractivity (Wildman–Crippen MR) is 55.4 cm³/mol. The summed E-state index contributed by atoms with van der Waals surface area (Å²) in [5.41, 5.74) is 0. The van der Waals surface area contributed by atoms with E-state index in [0.29, 0.717) is 5.92 Å². The number of nitrogens with one attached hydrogen (secondary N) is 1. The minimum absolute atomic E-state index is 0.569. The minimum atomic E-state index is 0.569. The Kier molecular flexibility index (Phi) is 2.40. The van der Waals surface area contributed by atoms with Crippen LogP contribution in [0.2, 0.25) is 0 Å². The van der Waals surface area contributed by atoms with E-state index in [1.165, 1.54) is 25.7 Å². The van der Waals surface area contributed by atoms with Crippen LogP contribution in [0.4, 0.5) is 0 Å². The fourth-order valence-electron chi connectivity index (χ4n) is 2.26. The number of hydrogen-bond acceptors (Lipinski definition) is 4. The molecule has 15 heavy (non-hydrogen) atoms. The van der Waals surface area contributed by atoms with Crippen molar-refractivity contribution in [1.82, 2.24) is 25.5 Å². The molecule has 0 spiro atoms. The summed E-state index contributed by atoms with van der Waals surface area (Å²) in [4.78, 5) is 0. The van der Waals surface area contributed by atoms with E-state index >= 15 is 0 Å². The zero-order chi connectivity index (χ0) is 10.1. The van der Waals surface area contributed by atoms with Gasteiger partial charge in [-0.3, -0.25) is 0 Å². The van der Waals surface area contributed by atoms with Crippen molar-refractivity contribution < 1.29 is 0 Å². The summed E-state index contributed by atoms with van der Waals surface area (Å²) in [6, 6.07) is 0. The first-order chi connectivity index (χ1) is 7.43. The molecule has 1 N–H and O–H groups in total. The number of nitrogens with zero attached hydrogens (tertiary/aromatic N) is 4. The molecule has 1 aliphatic carbocycles. The van der Waals surface area contributed by atoms with Crippen molar-refractivity contribution >= 4 is 0 Å². The van der Waals surface area contributed by atoms with Crippen molar-refractivity contribution in [3.63, 3.8) is 0 Å². The van der Waals surface area contributed by atoms with Gasteiger partial charge in [0, 0.05) is 12.5 Å². The first-order valence-corrected chi connectivity index (χ1v) is 5.90. The highest BCUT2D eigenvalue weighted by molar-refractivity contribution is 4.96. The van der Waals surface area contributed by atoms with Crippen LogP contribution in [0, 0.1) is 5.92 Å². The second-order valence-corrected chi connectivity index (χ2v) is 4.69. The Morgan fingerprint density at radius 2 is 2.00 bits per heavy atom. The highest BCUT2D eigenvalue weighted by Gasteiger charge is 2.26. The molecule has 0 unspecified atom stereocenters. The Labute approximate surface area is 89.2 Å². The summed E-state index contributed by atoms with van der Waals surface area (Å²) < 4.78 is 2.04. The third-order valence-corrected chi connectivity index (χ3v) is 3.39. The Bertz CT molecular complexity index is 324.